The van der Waals surface area contributed by atoms with Crippen molar-refractivity contribution in [2.45, 2.75) is 46.1 Å². The molecule has 1 heterocycles. The molecule has 1 unspecified atom stereocenters. The number of aromatic nitrogens is 1. The molecule has 4 heteroatoms. The van der Waals surface area contributed by atoms with Gasteiger partial charge in [-0.1, -0.05) is 20.3 Å². The molecule has 0 aliphatic heterocycles. The highest BCUT2D eigenvalue weighted by atomic mass is 16.4. The maximum atomic E-state index is 10.7. The van der Waals surface area contributed by atoms with Gasteiger partial charge in [-0.05, 0) is 38.0 Å². The van der Waals surface area contributed by atoms with Gasteiger partial charge >= 0.3 is 5.97 Å². The van der Waals surface area contributed by atoms with Gasteiger partial charge in [0.05, 0.1) is 0 Å². The van der Waals surface area contributed by atoms with Gasteiger partial charge in [0.25, 0.3) is 0 Å². The molecule has 1 N–H and O–H groups in total. The summed E-state index contributed by atoms with van der Waals surface area (Å²) in [5.41, 5.74) is 0.853. The number of carboxylic acid groups (broad SMARTS) is 1. The van der Waals surface area contributed by atoms with Crippen LogP contribution in [-0.2, 0) is 4.79 Å². The van der Waals surface area contributed by atoms with Crippen LogP contribution < -0.4 is 4.90 Å². The third-order valence-corrected chi connectivity index (χ3v) is 3.37. The van der Waals surface area contributed by atoms with Gasteiger partial charge in [-0.15, -0.1) is 0 Å². The van der Waals surface area contributed by atoms with E-state index < -0.39 is 5.97 Å². The van der Waals surface area contributed by atoms with Crippen LogP contribution in [0.3, 0.4) is 0 Å². The number of hydrogen-bond acceptors (Lipinski definition) is 3. The zero-order valence-electron chi connectivity index (χ0n) is 12.5. The SMILES string of the molecule is CCCCN(c1ncccc1/C=C/C(=O)O)C(C)CC. The van der Waals surface area contributed by atoms with Crippen molar-refractivity contribution in [2.75, 3.05) is 11.4 Å². The van der Waals surface area contributed by atoms with Crippen molar-refractivity contribution in [1.82, 2.24) is 4.98 Å². The van der Waals surface area contributed by atoms with Crippen molar-refractivity contribution in [3.8, 4) is 0 Å². The van der Waals surface area contributed by atoms with Crippen LogP contribution in [0.15, 0.2) is 24.4 Å². The molecule has 0 radical (unpaired) electrons. The number of anilines is 1. The van der Waals surface area contributed by atoms with Crippen molar-refractivity contribution in [3.05, 3.63) is 30.0 Å². The summed E-state index contributed by atoms with van der Waals surface area (Å²) >= 11 is 0. The first-order chi connectivity index (χ1) is 9.60. The Bertz CT molecular complexity index is 458. The molecule has 1 aromatic heterocycles. The zero-order valence-corrected chi connectivity index (χ0v) is 12.5. The predicted octanol–water partition coefficient (Wildman–Crippen LogP) is 3.58. The Morgan fingerprint density at radius 2 is 2.25 bits per heavy atom. The number of carboxylic acids is 1. The maximum absolute atomic E-state index is 10.7. The van der Waals surface area contributed by atoms with Crippen LogP contribution in [0.5, 0.6) is 0 Å². The molecule has 0 saturated carbocycles. The average molecular weight is 276 g/mol. The first-order valence-corrected chi connectivity index (χ1v) is 7.22. The molecule has 0 amide bonds. The van der Waals surface area contributed by atoms with Gasteiger partial charge in [-0.25, -0.2) is 9.78 Å². The van der Waals surface area contributed by atoms with E-state index in [1.165, 1.54) is 0 Å². The van der Waals surface area contributed by atoms with E-state index in [4.69, 9.17) is 5.11 Å². The third-order valence-electron chi connectivity index (χ3n) is 3.37. The Kier molecular flexibility index (Phi) is 6.77. The molecule has 0 fully saturated rings. The highest BCUT2D eigenvalue weighted by Crippen LogP contribution is 2.22. The van der Waals surface area contributed by atoms with Gasteiger partial charge < -0.3 is 10.0 Å². The fourth-order valence-corrected chi connectivity index (χ4v) is 2.02. The molecular formula is C16H24N2O2. The largest absolute Gasteiger partial charge is 0.478 e. The van der Waals surface area contributed by atoms with E-state index in [0.717, 1.165) is 43.3 Å². The summed E-state index contributed by atoms with van der Waals surface area (Å²) in [5, 5.41) is 8.78. The first-order valence-electron chi connectivity index (χ1n) is 7.22. The van der Waals surface area contributed by atoms with Gasteiger partial charge in [0.1, 0.15) is 5.82 Å². The first kappa shape index (κ1) is 16.2. The van der Waals surface area contributed by atoms with Crippen LogP contribution in [0.25, 0.3) is 6.08 Å². The molecule has 0 aromatic carbocycles. The Morgan fingerprint density at radius 3 is 2.85 bits per heavy atom. The fourth-order valence-electron chi connectivity index (χ4n) is 2.02. The van der Waals surface area contributed by atoms with Crippen molar-refractivity contribution in [2.24, 2.45) is 0 Å². The molecule has 20 heavy (non-hydrogen) atoms. The van der Waals surface area contributed by atoms with Crippen molar-refractivity contribution in [1.29, 1.82) is 0 Å². The van der Waals surface area contributed by atoms with Crippen LogP contribution >= 0.6 is 0 Å². The van der Waals surface area contributed by atoms with E-state index in [1.54, 1.807) is 12.3 Å². The average Bonchev–Trinajstić information content (AvgIpc) is 2.46. The van der Waals surface area contributed by atoms with Gasteiger partial charge in [-0.2, -0.15) is 0 Å². The Labute approximate surface area is 121 Å². The minimum absolute atomic E-state index is 0.383. The summed E-state index contributed by atoms with van der Waals surface area (Å²) in [7, 11) is 0. The number of unbranched alkanes of at least 4 members (excludes halogenated alkanes) is 1. The Balaban J connectivity index is 3.08. The van der Waals surface area contributed by atoms with Crippen LogP contribution in [0.4, 0.5) is 5.82 Å². The molecule has 110 valence electrons. The minimum Gasteiger partial charge on any atom is -0.478 e. The zero-order chi connectivity index (χ0) is 15.0. The lowest BCUT2D eigenvalue weighted by molar-refractivity contribution is -0.131. The number of carbonyl (C=O) groups is 1. The highest BCUT2D eigenvalue weighted by molar-refractivity contribution is 5.86. The summed E-state index contributed by atoms with van der Waals surface area (Å²) in [6, 6.07) is 4.12. The quantitative estimate of drug-likeness (QED) is 0.737. The molecule has 1 aromatic rings. The van der Waals surface area contributed by atoms with Gasteiger partial charge in [0, 0.05) is 30.4 Å². The van der Waals surface area contributed by atoms with Crippen molar-refractivity contribution < 1.29 is 9.90 Å². The topological polar surface area (TPSA) is 53.4 Å². The molecular weight excluding hydrogens is 252 g/mol. The molecule has 0 saturated heterocycles. The second-order valence-corrected chi connectivity index (χ2v) is 4.89. The van der Waals surface area contributed by atoms with Crippen molar-refractivity contribution in [3.63, 3.8) is 0 Å². The summed E-state index contributed by atoms with van der Waals surface area (Å²) in [6.45, 7) is 7.43. The molecule has 0 bridgehead atoms. The van der Waals surface area contributed by atoms with Crippen LogP contribution in [0, 0.1) is 0 Å². The summed E-state index contributed by atoms with van der Waals surface area (Å²) in [6.07, 6.45) is 7.79. The molecule has 0 spiro atoms. The summed E-state index contributed by atoms with van der Waals surface area (Å²) in [5.74, 6) is -0.0729. The summed E-state index contributed by atoms with van der Waals surface area (Å²) in [4.78, 5) is 17.4. The smallest absolute Gasteiger partial charge is 0.328 e. The Morgan fingerprint density at radius 1 is 1.50 bits per heavy atom. The van der Waals surface area contributed by atoms with Crippen LogP contribution in [-0.4, -0.2) is 28.6 Å². The molecule has 1 rings (SSSR count). The fraction of sp³-hybridized carbons (Fsp3) is 0.500. The normalized spacial score (nSPS) is 12.6. The predicted molar refractivity (Wildman–Crippen MR) is 82.9 cm³/mol. The van der Waals surface area contributed by atoms with Gasteiger partial charge in [0.2, 0.25) is 0 Å². The summed E-state index contributed by atoms with van der Waals surface area (Å²) < 4.78 is 0. The van der Waals surface area contributed by atoms with E-state index in [1.807, 2.05) is 12.1 Å². The number of pyridine rings is 1. The van der Waals surface area contributed by atoms with E-state index in [-0.39, 0.29) is 0 Å². The lowest BCUT2D eigenvalue weighted by atomic mass is 10.1. The van der Waals surface area contributed by atoms with E-state index >= 15 is 0 Å². The standard InChI is InChI=1S/C16H24N2O2/c1-4-6-12-18(13(3)5-2)16-14(8-7-11-17-16)9-10-15(19)20/h7-11,13H,4-6,12H2,1-3H3,(H,19,20)/b10-9+. The highest BCUT2D eigenvalue weighted by Gasteiger charge is 2.16. The van der Waals surface area contributed by atoms with E-state index in [9.17, 15) is 4.79 Å². The number of nitrogens with zero attached hydrogens (tertiary/aromatic N) is 2. The van der Waals surface area contributed by atoms with Gasteiger partial charge in [0.15, 0.2) is 0 Å². The lowest BCUT2D eigenvalue weighted by Gasteiger charge is -2.30. The van der Waals surface area contributed by atoms with Crippen molar-refractivity contribution >= 4 is 17.9 Å². The number of rotatable bonds is 8. The van der Waals surface area contributed by atoms with Crippen LogP contribution in [0.1, 0.15) is 45.6 Å². The second kappa shape index (κ2) is 8.35. The van der Waals surface area contributed by atoms with Gasteiger partial charge in [-0.3, -0.25) is 0 Å². The third kappa shape index (κ3) is 4.68. The maximum Gasteiger partial charge on any atom is 0.328 e. The number of aliphatic carboxylic acids is 1. The van der Waals surface area contributed by atoms with E-state index in [0.29, 0.717) is 6.04 Å². The molecule has 1 atom stereocenters. The minimum atomic E-state index is -0.941. The molecule has 4 nitrogen and oxygen atoms in total. The number of hydrogen-bond donors (Lipinski definition) is 1. The van der Waals surface area contributed by atoms with E-state index in [2.05, 4.69) is 30.7 Å². The second-order valence-electron chi connectivity index (χ2n) is 4.89. The molecule has 0 aliphatic rings. The lowest BCUT2D eigenvalue weighted by Crippen LogP contribution is -2.34. The monoisotopic (exact) mass is 276 g/mol. The Hall–Kier alpha value is -1.84. The molecule has 0 aliphatic carbocycles. The van der Waals surface area contributed by atoms with Crippen LogP contribution in [0.2, 0.25) is 0 Å².